The Morgan fingerprint density at radius 1 is 0.886 bits per heavy atom. The summed E-state index contributed by atoms with van der Waals surface area (Å²) in [6.07, 6.45) is 1.42. The summed E-state index contributed by atoms with van der Waals surface area (Å²) >= 11 is 6.35. The fraction of sp³-hybridized carbons (Fsp3) is 0.0741. The molecule has 7 nitrogen and oxygen atoms in total. The van der Waals surface area contributed by atoms with Crippen LogP contribution in [0.5, 0.6) is 0 Å². The second kappa shape index (κ2) is 9.12. The first-order valence-corrected chi connectivity index (χ1v) is 11.4. The van der Waals surface area contributed by atoms with Crippen LogP contribution in [0.4, 0.5) is 4.79 Å². The van der Waals surface area contributed by atoms with E-state index < -0.39 is 17.5 Å². The molecule has 0 unspecified atom stereocenters. The molecule has 0 spiro atoms. The molecule has 174 valence electrons. The fourth-order valence-corrected chi connectivity index (χ4v) is 4.25. The molecule has 1 aliphatic rings. The number of carbonyl (C=O) groups is 2. The van der Waals surface area contributed by atoms with Gasteiger partial charge in [-0.3, -0.25) is 19.6 Å². The van der Waals surface area contributed by atoms with Gasteiger partial charge in [-0.1, -0.05) is 78.3 Å². The largest absolute Gasteiger partial charge is 0.329 e. The molecule has 4 aromatic rings. The molecule has 0 saturated carbocycles. The lowest BCUT2D eigenvalue weighted by Crippen LogP contribution is -2.30. The van der Waals surface area contributed by atoms with Crippen molar-refractivity contribution in [1.82, 2.24) is 20.0 Å². The van der Waals surface area contributed by atoms with Gasteiger partial charge in [-0.15, -0.1) is 0 Å². The highest BCUT2D eigenvalue weighted by atomic mass is 35.5. The molecular formula is C27H21ClN4O3. The molecule has 0 atom stereocenters. The maximum atomic E-state index is 13.5. The number of nitrogens with one attached hydrogen (secondary N) is 2. The lowest BCUT2D eigenvalue weighted by Gasteiger charge is -2.13. The second-order valence-electron chi connectivity index (χ2n) is 8.16. The van der Waals surface area contributed by atoms with Crippen molar-refractivity contribution in [1.29, 1.82) is 0 Å². The minimum absolute atomic E-state index is 0.0307. The van der Waals surface area contributed by atoms with Crippen LogP contribution in [0.2, 0.25) is 5.02 Å². The monoisotopic (exact) mass is 484 g/mol. The lowest BCUT2D eigenvalue weighted by atomic mass is 10.1. The Bertz CT molecular complexity index is 1540. The second-order valence-corrected chi connectivity index (χ2v) is 8.57. The quantitative estimate of drug-likeness (QED) is 0.312. The van der Waals surface area contributed by atoms with Crippen LogP contribution in [-0.4, -0.2) is 26.6 Å². The molecule has 1 fully saturated rings. The summed E-state index contributed by atoms with van der Waals surface area (Å²) in [7, 11) is 0. The average molecular weight is 485 g/mol. The summed E-state index contributed by atoms with van der Waals surface area (Å²) in [5, 5.41) is 6.13. The van der Waals surface area contributed by atoms with E-state index in [0.717, 1.165) is 21.6 Å². The Morgan fingerprint density at radius 3 is 2.31 bits per heavy atom. The van der Waals surface area contributed by atoms with E-state index in [9.17, 15) is 14.4 Å². The molecule has 2 N–H and O–H groups in total. The van der Waals surface area contributed by atoms with Gasteiger partial charge in [-0.2, -0.15) is 0 Å². The lowest BCUT2D eigenvalue weighted by molar-refractivity contribution is -0.123. The summed E-state index contributed by atoms with van der Waals surface area (Å²) in [6, 6.07) is 23.3. The topological polar surface area (TPSA) is 87.2 Å². The number of aromatic amines is 1. The Morgan fingerprint density at radius 2 is 1.57 bits per heavy atom. The average Bonchev–Trinajstić information content (AvgIpc) is 3.32. The van der Waals surface area contributed by atoms with Crippen molar-refractivity contribution in [2.75, 3.05) is 0 Å². The maximum Gasteiger partial charge on any atom is 0.329 e. The number of nitrogens with zero attached hydrogens (tertiary/aromatic N) is 2. The van der Waals surface area contributed by atoms with Crippen LogP contribution in [0.1, 0.15) is 16.7 Å². The van der Waals surface area contributed by atoms with Crippen LogP contribution in [0.3, 0.4) is 0 Å². The molecule has 5 rings (SSSR count). The highest BCUT2D eigenvalue weighted by Crippen LogP contribution is 2.26. The van der Waals surface area contributed by atoms with Crippen LogP contribution in [-0.2, 0) is 11.3 Å². The van der Waals surface area contributed by atoms with E-state index in [2.05, 4.69) is 10.4 Å². The first-order chi connectivity index (χ1) is 16.9. The summed E-state index contributed by atoms with van der Waals surface area (Å²) in [6.45, 7) is 2.06. The Labute approximate surface area is 206 Å². The molecule has 3 amide bonds. The summed E-state index contributed by atoms with van der Waals surface area (Å²) in [5.74, 6) is -0.498. The van der Waals surface area contributed by atoms with Crippen molar-refractivity contribution in [3.63, 3.8) is 0 Å². The van der Waals surface area contributed by atoms with Crippen LogP contribution in [0, 0.1) is 6.92 Å². The van der Waals surface area contributed by atoms with E-state index >= 15 is 0 Å². The zero-order valence-corrected chi connectivity index (χ0v) is 19.5. The highest BCUT2D eigenvalue weighted by molar-refractivity contribution is 6.32. The normalized spacial score (nSPS) is 14.6. The van der Waals surface area contributed by atoms with Crippen LogP contribution < -0.4 is 10.9 Å². The number of aromatic nitrogens is 2. The number of aryl methyl sites for hydroxylation is 1. The predicted octanol–water partition coefficient (Wildman–Crippen LogP) is 4.89. The molecule has 8 heteroatoms. The number of rotatable bonds is 5. The van der Waals surface area contributed by atoms with Crippen LogP contribution in [0.15, 0.2) is 89.4 Å². The van der Waals surface area contributed by atoms with E-state index in [4.69, 9.17) is 11.6 Å². The number of hydrogen-bond donors (Lipinski definition) is 2. The third-order valence-corrected chi connectivity index (χ3v) is 6.24. The van der Waals surface area contributed by atoms with Crippen LogP contribution >= 0.6 is 11.6 Å². The third-order valence-electron chi connectivity index (χ3n) is 5.92. The smallest absolute Gasteiger partial charge is 0.303 e. The van der Waals surface area contributed by atoms with Gasteiger partial charge in [-0.05, 0) is 36.3 Å². The minimum Gasteiger partial charge on any atom is -0.303 e. The number of halogens is 1. The Hall–Kier alpha value is -4.36. The van der Waals surface area contributed by atoms with E-state index in [1.165, 1.54) is 10.8 Å². The maximum absolute atomic E-state index is 13.5. The summed E-state index contributed by atoms with van der Waals surface area (Å²) in [5.41, 5.74) is 3.43. The molecule has 0 radical (unpaired) electrons. The SMILES string of the molecule is Cc1ccccc1CN1C(=O)N/C(=C\c2c(-c3ccccc3)[nH]n(-c3ccccc3Cl)c2=O)C1=O. The van der Waals surface area contributed by atoms with Crippen molar-refractivity contribution in [2.45, 2.75) is 13.5 Å². The number of amides is 3. The number of carbonyl (C=O) groups excluding carboxylic acids is 2. The summed E-state index contributed by atoms with van der Waals surface area (Å²) < 4.78 is 1.34. The number of hydrogen-bond acceptors (Lipinski definition) is 3. The molecule has 3 aromatic carbocycles. The van der Waals surface area contributed by atoms with E-state index in [1.807, 2.05) is 61.5 Å². The van der Waals surface area contributed by atoms with Crippen molar-refractivity contribution in [2.24, 2.45) is 0 Å². The first kappa shape index (κ1) is 22.4. The highest BCUT2D eigenvalue weighted by Gasteiger charge is 2.34. The molecule has 1 saturated heterocycles. The van der Waals surface area contributed by atoms with Crippen molar-refractivity contribution in [3.05, 3.63) is 117 Å². The summed E-state index contributed by atoms with van der Waals surface area (Å²) in [4.78, 5) is 40.5. The number of imide groups is 1. The van der Waals surface area contributed by atoms with E-state index in [0.29, 0.717) is 16.4 Å². The van der Waals surface area contributed by atoms with Crippen molar-refractivity contribution in [3.8, 4) is 16.9 Å². The molecule has 0 aliphatic carbocycles. The molecule has 35 heavy (non-hydrogen) atoms. The first-order valence-electron chi connectivity index (χ1n) is 11.0. The van der Waals surface area contributed by atoms with Gasteiger partial charge in [0.15, 0.2) is 0 Å². The molecule has 2 heterocycles. The number of para-hydroxylation sites is 1. The Balaban J connectivity index is 1.59. The van der Waals surface area contributed by atoms with Crippen LogP contribution in [0.25, 0.3) is 23.0 Å². The van der Waals surface area contributed by atoms with Crippen molar-refractivity contribution >= 4 is 29.6 Å². The third kappa shape index (κ3) is 4.18. The number of H-pyrrole nitrogens is 1. The van der Waals surface area contributed by atoms with Gasteiger partial charge >= 0.3 is 6.03 Å². The fourth-order valence-electron chi connectivity index (χ4n) is 4.03. The van der Waals surface area contributed by atoms with Gasteiger partial charge in [0, 0.05) is 5.56 Å². The molecule has 1 aliphatic heterocycles. The van der Waals surface area contributed by atoms with Gasteiger partial charge in [0.2, 0.25) is 0 Å². The van der Waals surface area contributed by atoms with Gasteiger partial charge in [0.1, 0.15) is 5.70 Å². The Kier molecular flexibility index (Phi) is 5.84. The van der Waals surface area contributed by atoms with Gasteiger partial charge in [0.25, 0.3) is 11.5 Å². The van der Waals surface area contributed by atoms with Gasteiger partial charge in [-0.25, -0.2) is 9.48 Å². The van der Waals surface area contributed by atoms with Gasteiger partial charge in [0.05, 0.1) is 28.5 Å². The van der Waals surface area contributed by atoms with E-state index in [1.54, 1.807) is 24.3 Å². The minimum atomic E-state index is -0.535. The van der Waals surface area contributed by atoms with Crippen molar-refractivity contribution < 1.29 is 9.59 Å². The zero-order valence-electron chi connectivity index (χ0n) is 18.8. The molecular weight excluding hydrogens is 464 g/mol. The standard InChI is InChI=1S/C27H21ClN4O3/c1-17-9-5-6-12-19(17)16-31-26(34)22(29-27(31)35)15-20-24(18-10-3-2-4-11-18)30-32(25(20)33)23-14-8-7-13-21(23)28/h2-15,30H,16H2,1H3,(H,29,35)/b22-15-. The predicted molar refractivity (Wildman–Crippen MR) is 135 cm³/mol. The molecule has 0 bridgehead atoms. The van der Waals surface area contributed by atoms with E-state index in [-0.39, 0.29) is 17.8 Å². The number of urea groups is 1. The zero-order chi connectivity index (χ0) is 24.5. The molecule has 1 aromatic heterocycles. The number of benzene rings is 3. The van der Waals surface area contributed by atoms with Gasteiger partial charge < -0.3 is 5.32 Å².